The van der Waals surface area contributed by atoms with Crippen molar-refractivity contribution in [1.29, 1.82) is 0 Å². The van der Waals surface area contributed by atoms with Crippen LogP contribution in [0, 0.1) is 5.92 Å². The summed E-state index contributed by atoms with van der Waals surface area (Å²) in [6.45, 7) is 0.686. The Bertz CT molecular complexity index is 1060. The predicted octanol–water partition coefficient (Wildman–Crippen LogP) is 3.32. The number of nitrogens with zero attached hydrogens (tertiary/aromatic N) is 1. The second-order valence-corrected chi connectivity index (χ2v) is 8.90. The maximum Gasteiger partial charge on any atom is 0.258 e. The Morgan fingerprint density at radius 2 is 1.91 bits per heavy atom. The molecule has 180 valence electrons. The number of rotatable bonds is 6. The third-order valence-corrected chi connectivity index (χ3v) is 6.68. The summed E-state index contributed by atoms with van der Waals surface area (Å²) in [5.41, 5.74) is 7.44. The Balaban J connectivity index is 1.78. The summed E-state index contributed by atoms with van der Waals surface area (Å²) in [5.74, 6) is 0.204. The van der Waals surface area contributed by atoms with Crippen molar-refractivity contribution in [3.05, 3.63) is 53.6 Å². The van der Waals surface area contributed by atoms with E-state index in [4.69, 9.17) is 10.5 Å². The number of nitrogens with one attached hydrogen (secondary N) is 2. The van der Waals surface area contributed by atoms with E-state index in [-0.39, 0.29) is 36.1 Å². The van der Waals surface area contributed by atoms with Gasteiger partial charge in [-0.3, -0.25) is 14.4 Å². The molecule has 1 unspecified atom stereocenters. The minimum absolute atomic E-state index is 0.155. The van der Waals surface area contributed by atoms with E-state index in [0.717, 1.165) is 25.7 Å². The number of amides is 3. The van der Waals surface area contributed by atoms with Crippen molar-refractivity contribution in [2.45, 2.75) is 44.6 Å². The van der Waals surface area contributed by atoms with Crippen molar-refractivity contribution in [1.82, 2.24) is 5.32 Å². The van der Waals surface area contributed by atoms with Crippen LogP contribution in [0.4, 0.5) is 11.4 Å². The standard InChI is InChI=1S/C26H32N4O4/c1-34-20-9-5-8-19(14-20)26(33)30-22-11-10-18(25(32)28-13-12-27)15-21(22)29-24(31)16-23(30)17-6-3-2-4-7-17/h5,8-11,14-15,17,23H,2-4,6-7,12-13,16,27H2,1H3,(H,28,32)(H,29,31). The van der Waals surface area contributed by atoms with E-state index in [2.05, 4.69) is 10.6 Å². The Labute approximate surface area is 199 Å². The van der Waals surface area contributed by atoms with Gasteiger partial charge in [0, 0.05) is 36.7 Å². The molecule has 4 N–H and O–H groups in total. The summed E-state index contributed by atoms with van der Waals surface area (Å²) >= 11 is 0. The van der Waals surface area contributed by atoms with Gasteiger partial charge < -0.3 is 26.0 Å². The van der Waals surface area contributed by atoms with E-state index in [1.807, 2.05) is 0 Å². The third-order valence-electron chi connectivity index (χ3n) is 6.68. The maximum absolute atomic E-state index is 13.9. The van der Waals surface area contributed by atoms with E-state index in [1.165, 1.54) is 6.42 Å². The molecule has 0 saturated heterocycles. The lowest BCUT2D eigenvalue weighted by Gasteiger charge is -2.37. The molecule has 2 aromatic rings. The van der Waals surface area contributed by atoms with Crippen molar-refractivity contribution < 1.29 is 19.1 Å². The zero-order valence-electron chi connectivity index (χ0n) is 19.5. The summed E-state index contributed by atoms with van der Waals surface area (Å²) in [6.07, 6.45) is 5.54. The Morgan fingerprint density at radius 3 is 2.65 bits per heavy atom. The molecule has 4 rings (SSSR count). The normalized spacial score (nSPS) is 18.5. The predicted molar refractivity (Wildman–Crippen MR) is 131 cm³/mol. The van der Waals surface area contributed by atoms with Gasteiger partial charge in [0.05, 0.1) is 18.5 Å². The van der Waals surface area contributed by atoms with E-state index in [0.29, 0.717) is 41.3 Å². The van der Waals surface area contributed by atoms with E-state index >= 15 is 0 Å². The van der Waals surface area contributed by atoms with Crippen molar-refractivity contribution in [2.24, 2.45) is 11.7 Å². The second-order valence-electron chi connectivity index (χ2n) is 8.90. The van der Waals surface area contributed by atoms with Crippen molar-refractivity contribution in [2.75, 3.05) is 30.4 Å². The molecular weight excluding hydrogens is 432 g/mol. The van der Waals surface area contributed by atoms with E-state index < -0.39 is 0 Å². The fourth-order valence-corrected chi connectivity index (χ4v) is 4.99. The van der Waals surface area contributed by atoms with Crippen molar-refractivity contribution in [3.63, 3.8) is 0 Å². The summed E-state index contributed by atoms with van der Waals surface area (Å²) < 4.78 is 5.33. The first-order chi connectivity index (χ1) is 16.5. The van der Waals surface area contributed by atoms with Crippen LogP contribution in [0.15, 0.2) is 42.5 Å². The molecule has 1 aliphatic heterocycles. The topological polar surface area (TPSA) is 114 Å². The van der Waals surface area contributed by atoms with Crippen LogP contribution in [-0.2, 0) is 4.79 Å². The van der Waals surface area contributed by atoms with Crippen LogP contribution in [0.25, 0.3) is 0 Å². The van der Waals surface area contributed by atoms with Gasteiger partial charge in [0.1, 0.15) is 5.75 Å². The van der Waals surface area contributed by atoms with Crippen LogP contribution in [-0.4, -0.2) is 44.0 Å². The van der Waals surface area contributed by atoms with Gasteiger partial charge in [-0.25, -0.2) is 0 Å². The highest BCUT2D eigenvalue weighted by molar-refractivity contribution is 6.12. The van der Waals surface area contributed by atoms with Crippen LogP contribution in [0.1, 0.15) is 59.2 Å². The number of benzene rings is 2. The molecule has 1 aliphatic carbocycles. The zero-order valence-corrected chi connectivity index (χ0v) is 19.5. The van der Waals surface area contributed by atoms with Gasteiger partial charge in [-0.15, -0.1) is 0 Å². The summed E-state index contributed by atoms with van der Waals surface area (Å²) in [5, 5.41) is 5.68. The number of hydrogen-bond donors (Lipinski definition) is 3. The highest BCUT2D eigenvalue weighted by atomic mass is 16.5. The Hall–Kier alpha value is -3.39. The van der Waals surface area contributed by atoms with Gasteiger partial charge in [-0.05, 0) is 55.2 Å². The number of carbonyl (C=O) groups is 3. The number of ether oxygens (including phenoxy) is 1. The molecule has 2 aromatic carbocycles. The van der Waals surface area contributed by atoms with Gasteiger partial charge in [-0.2, -0.15) is 0 Å². The smallest absolute Gasteiger partial charge is 0.258 e. The average Bonchev–Trinajstić information content (AvgIpc) is 3.02. The largest absolute Gasteiger partial charge is 0.497 e. The SMILES string of the molecule is COc1cccc(C(=O)N2c3ccc(C(=O)NCCN)cc3NC(=O)CC2C2CCCCC2)c1. The van der Waals surface area contributed by atoms with Crippen LogP contribution in [0.5, 0.6) is 5.75 Å². The zero-order chi connectivity index (χ0) is 24.1. The quantitative estimate of drug-likeness (QED) is 0.607. The van der Waals surface area contributed by atoms with Gasteiger partial charge in [0.15, 0.2) is 0 Å². The van der Waals surface area contributed by atoms with Gasteiger partial charge in [-0.1, -0.05) is 25.3 Å². The van der Waals surface area contributed by atoms with Crippen LogP contribution in [0.3, 0.4) is 0 Å². The molecular formula is C26H32N4O4. The summed E-state index contributed by atoms with van der Waals surface area (Å²) in [4.78, 5) is 41.2. The monoisotopic (exact) mass is 464 g/mol. The Kier molecular flexibility index (Phi) is 7.47. The molecule has 34 heavy (non-hydrogen) atoms. The van der Waals surface area contributed by atoms with Crippen molar-refractivity contribution >= 4 is 29.1 Å². The van der Waals surface area contributed by atoms with Gasteiger partial charge >= 0.3 is 0 Å². The first-order valence-electron chi connectivity index (χ1n) is 11.9. The molecule has 1 heterocycles. The summed E-state index contributed by atoms with van der Waals surface area (Å²) in [6, 6.07) is 11.9. The minimum atomic E-state index is -0.277. The number of anilines is 2. The number of carbonyl (C=O) groups excluding carboxylic acids is 3. The van der Waals surface area contributed by atoms with Crippen LogP contribution >= 0.6 is 0 Å². The molecule has 2 aliphatic rings. The lowest BCUT2D eigenvalue weighted by atomic mass is 9.81. The number of nitrogens with two attached hydrogens (primary N) is 1. The summed E-state index contributed by atoms with van der Waals surface area (Å²) in [7, 11) is 1.56. The van der Waals surface area contributed by atoms with Crippen LogP contribution in [0.2, 0.25) is 0 Å². The van der Waals surface area contributed by atoms with Crippen LogP contribution < -0.4 is 26.0 Å². The molecule has 0 spiro atoms. The highest BCUT2D eigenvalue weighted by Gasteiger charge is 2.38. The molecule has 0 aromatic heterocycles. The number of fused-ring (bicyclic) bond motifs is 1. The molecule has 1 atom stereocenters. The van der Waals surface area contributed by atoms with Gasteiger partial charge in [0.25, 0.3) is 11.8 Å². The first-order valence-corrected chi connectivity index (χ1v) is 11.9. The molecule has 1 fully saturated rings. The highest BCUT2D eigenvalue weighted by Crippen LogP contribution is 2.39. The molecule has 0 bridgehead atoms. The van der Waals surface area contributed by atoms with Crippen molar-refractivity contribution in [3.8, 4) is 5.75 Å². The Morgan fingerprint density at radius 1 is 1.12 bits per heavy atom. The molecule has 0 radical (unpaired) electrons. The molecule has 3 amide bonds. The lowest BCUT2D eigenvalue weighted by Crippen LogP contribution is -2.46. The fourth-order valence-electron chi connectivity index (χ4n) is 4.99. The van der Waals surface area contributed by atoms with E-state index in [9.17, 15) is 14.4 Å². The second kappa shape index (κ2) is 10.7. The maximum atomic E-state index is 13.9. The number of methoxy groups -OCH3 is 1. The molecule has 8 heteroatoms. The molecule has 1 saturated carbocycles. The number of hydrogen-bond acceptors (Lipinski definition) is 5. The van der Waals surface area contributed by atoms with Gasteiger partial charge in [0.2, 0.25) is 5.91 Å². The fraction of sp³-hybridized carbons (Fsp3) is 0.423. The lowest BCUT2D eigenvalue weighted by molar-refractivity contribution is -0.116. The van der Waals surface area contributed by atoms with E-state index in [1.54, 1.807) is 54.5 Å². The third kappa shape index (κ3) is 5.07. The average molecular weight is 465 g/mol. The minimum Gasteiger partial charge on any atom is -0.497 e. The molecule has 8 nitrogen and oxygen atoms in total. The first kappa shape index (κ1) is 23.8.